The molecule has 1 aromatic heterocycles. The standard InChI is InChI=1S/C11H5F3N2O4S/c12-11(13,14)5-3-1-2-4-6(5)20-10(19)8-7(9(17)18)15-16-21-8/h1-4H,(H,17,18). The normalized spacial score (nSPS) is 11.2. The number of benzene rings is 1. The summed E-state index contributed by atoms with van der Waals surface area (Å²) in [4.78, 5) is 22.1. The number of ether oxygens (including phenoxy) is 1. The van der Waals surface area contributed by atoms with E-state index in [1.54, 1.807) is 0 Å². The van der Waals surface area contributed by atoms with Gasteiger partial charge in [0.2, 0.25) is 0 Å². The van der Waals surface area contributed by atoms with Crippen LogP contribution in [0.15, 0.2) is 24.3 Å². The number of alkyl halides is 3. The fraction of sp³-hybridized carbons (Fsp3) is 0.0909. The van der Waals surface area contributed by atoms with Crippen molar-refractivity contribution in [3.63, 3.8) is 0 Å². The van der Waals surface area contributed by atoms with Crippen LogP contribution in [-0.2, 0) is 6.18 Å². The minimum atomic E-state index is -4.71. The predicted molar refractivity (Wildman–Crippen MR) is 63.3 cm³/mol. The molecule has 1 heterocycles. The van der Waals surface area contributed by atoms with Gasteiger partial charge in [-0.2, -0.15) is 13.2 Å². The molecule has 0 radical (unpaired) electrons. The zero-order chi connectivity index (χ0) is 15.6. The lowest BCUT2D eigenvalue weighted by molar-refractivity contribution is -0.138. The van der Waals surface area contributed by atoms with Gasteiger partial charge in [0.1, 0.15) is 5.75 Å². The number of esters is 1. The minimum absolute atomic E-state index is 0.421. The zero-order valence-corrected chi connectivity index (χ0v) is 10.7. The molecule has 0 amide bonds. The van der Waals surface area contributed by atoms with Crippen molar-refractivity contribution in [3.05, 3.63) is 40.4 Å². The van der Waals surface area contributed by atoms with Crippen molar-refractivity contribution in [1.82, 2.24) is 9.59 Å². The van der Waals surface area contributed by atoms with Crippen molar-refractivity contribution < 1.29 is 32.6 Å². The number of carbonyl (C=O) groups is 2. The largest absolute Gasteiger partial charge is 0.476 e. The first-order valence-corrected chi connectivity index (χ1v) is 6.02. The highest BCUT2D eigenvalue weighted by atomic mass is 32.1. The molecule has 0 aliphatic rings. The fourth-order valence-electron chi connectivity index (χ4n) is 1.40. The van der Waals surface area contributed by atoms with Crippen LogP contribution in [-0.4, -0.2) is 26.6 Å². The summed E-state index contributed by atoms with van der Waals surface area (Å²) in [6.45, 7) is 0. The van der Waals surface area contributed by atoms with Crippen molar-refractivity contribution in [2.24, 2.45) is 0 Å². The number of para-hydroxylation sites is 1. The Hall–Kier alpha value is -2.49. The quantitative estimate of drug-likeness (QED) is 0.691. The molecule has 0 aliphatic carbocycles. The van der Waals surface area contributed by atoms with Gasteiger partial charge in [-0.3, -0.25) is 0 Å². The van der Waals surface area contributed by atoms with E-state index in [1.807, 2.05) is 0 Å². The van der Waals surface area contributed by atoms with E-state index < -0.39 is 40.0 Å². The molecule has 0 unspecified atom stereocenters. The van der Waals surface area contributed by atoms with Crippen LogP contribution >= 0.6 is 11.5 Å². The Balaban J connectivity index is 2.33. The van der Waals surface area contributed by atoms with Crippen molar-refractivity contribution in [2.45, 2.75) is 6.18 Å². The average Bonchev–Trinajstić information content (AvgIpc) is 2.87. The van der Waals surface area contributed by atoms with Gasteiger partial charge in [0.05, 0.1) is 5.56 Å². The second-order valence-corrected chi connectivity index (χ2v) is 4.39. The number of aromatic nitrogens is 2. The SMILES string of the molecule is O=C(O)c1nnsc1C(=O)Oc1ccccc1C(F)(F)F. The second kappa shape index (κ2) is 5.48. The number of halogens is 3. The molecule has 1 aromatic carbocycles. The molecular weight excluding hydrogens is 313 g/mol. The summed E-state index contributed by atoms with van der Waals surface area (Å²) in [6, 6.07) is 4.08. The lowest BCUT2D eigenvalue weighted by atomic mass is 10.2. The fourth-order valence-corrected chi connectivity index (χ4v) is 1.94. The number of hydrogen-bond acceptors (Lipinski definition) is 6. The number of carboxylic acids is 1. The number of carbonyl (C=O) groups excluding carboxylic acids is 1. The van der Waals surface area contributed by atoms with Gasteiger partial charge in [-0.1, -0.05) is 16.6 Å². The Morgan fingerprint density at radius 2 is 1.90 bits per heavy atom. The molecule has 0 bridgehead atoms. The van der Waals surface area contributed by atoms with Crippen molar-refractivity contribution >= 4 is 23.5 Å². The lowest BCUT2D eigenvalue weighted by Crippen LogP contribution is -2.15. The minimum Gasteiger partial charge on any atom is -0.476 e. The van der Waals surface area contributed by atoms with Crippen LogP contribution in [0.2, 0.25) is 0 Å². The molecule has 0 saturated heterocycles. The van der Waals surface area contributed by atoms with Crippen LogP contribution in [0, 0.1) is 0 Å². The highest BCUT2D eigenvalue weighted by Gasteiger charge is 2.35. The van der Waals surface area contributed by atoms with E-state index in [2.05, 4.69) is 14.3 Å². The van der Waals surface area contributed by atoms with Crippen LogP contribution in [0.1, 0.15) is 25.7 Å². The number of aromatic carboxylic acids is 1. The molecular formula is C11H5F3N2O4S. The molecule has 0 fully saturated rings. The van der Waals surface area contributed by atoms with Gasteiger partial charge in [-0.05, 0) is 23.7 Å². The van der Waals surface area contributed by atoms with E-state index in [4.69, 9.17) is 5.11 Å². The lowest BCUT2D eigenvalue weighted by Gasteiger charge is -2.11. The molecule has 0 spiro atoms. The van der Waals surface area contributed by atoms with E-state index in [0.717, 1.165) is 18.2 Å². The third-order valence-electron chi connectivity index (χ3n) is 2.27. The summed E-state index contributed by atoms with van der Waals surface area (Å²) < 4.78 is 46.1. The summed E-state index contributed by atoms with van der Waals surface area (Å²) >= 11 is 0.421. The van der Waals surface area contributed by atoms with Crippen molar-refractivity contribution in [1.29, 1.82) is 0 Å². The van der Waals surface area contributed by atoms with Gasteiger partial charge in [-0.25, -0.2) is 9.59 Å². The number of nitrogens with zero attached hydrogens (tertiary/aromatic N) is 2. The molecule has 0 saturated carbocycles. The Labute approximate surface area is 118 Å². The van der Waals surface area contributed by atoms with Crippen LogP contribution in [0.5, 0.6) is 5.75 Å². The molecule has 0 atom stereocenters. The van der Waals surface area contributed by atoms with E-state index in [0.29, 0.717) is 11.5 Å². The topological polar surface area (TPSA) is 89.4 Å². The molecule has 1 N–H and O–H groups in total. The monoisotopic (exact) mass is 318 g/mol. The smallest absolute Gasteiger partial charge is 0.419 e. The molecule has 6 nitrogen and oxygen atoms in total. The molecule has 10 heteroatoms. The first-order valence-electron chi connectivity index (χ1n) is 5.24. The number of hydrogen-bond donors (Lipinski definition) is 1. The van der Waals surface area contributed by atoms with Crippen LogP contribution in [0.4, 0.5) is 13.2 Å². The summed E-state index contributed by atoms with van der Waals surface area (Å²) in [7, 11) is 0. The van der Waals surface area contributed by atoms with Gasteiger partial charge < -0.3 is 9.84 Å². The van der Waals surface area contributed by atoms with Gasteiger partial charge in [0.15, 0.2) is 10.6 Å². The third-order valence-corrected chi connectivity index (χ3v) is 2.98. The van der Waals surface area contributed by atoms with Crippen LogP contribution < -0.4 is 4.74 Å². The molecule has 0 aliphatic heterocycles. The molecule has 2 aromatic rings. The van der Waals surface area contributed by atoms with E-state index in [9.17, 15) is 22.8 Å². The maximum atomic E-state index is 12.7. The Morgan fingerprint density at radius 3 is 2.52 bits per heavy atom. The number of rotatable bonds is 3. The molecule has 110 valence electrons. The highest BCUT2D eigenvalue weighted by molar-refractivity contribution is 7.08. The maximum Gasteiger partial charge on any atom is 0.419 e. The van der Waals surface area contributed by atoms with Crippen molar-refractivity contribution in [3.8, 4) is 5.75 Å². The second-order valence-electron chi connectivity index (χ2n) is 3.64. The van der Waals surface area contributed by atoms with Gasteiger partial charge in [0, 0.05) is 0 Å². The first kappa shape index (κ1) is 14.9. The van der Waals surface area contributed by atoms with Crippen molar-refractivity contribution in [2.75, 3.05) is 0 Å². The third kappa shape index (κ3) is 3.16. The Bertz CT molecular complexity index is 699. The van der Waals surface area contributed by atoms with E-state index in [-0.39, 0.29) is 0 Å². The summed E-state index contributed by atoms with van der Waals surface area (Å²) in [6.07, 6.45) is -4.71. The Kier molecular flexibility index (Phi) is 3.89. The maximum absolute atomic E-state index is 12.7. The summed E-state index contributed by atoms with van der Waals surface area (Å²) in [5.41, 5.74) is -1.82. The number of carboxylic acid groups (broad SMARTS) is 1. The van der Waals surface area contributed by atoms with E-state index >= 15 is 0 Å². The van der Waals surface area contributed by atoms with Gasteiger partial charge in [-0.15, -0.1) is 5.10 Å². The van der Waals surface area contributed by atoms with Gasteiger partial charge in [0.25, 0.3) is 0 Å². The highest BCUT2D eigenvalue weighted by Crippen LogP contribution is 2.36. The van der Waals surface area contributed by atoms with Gasteiger partial charge >= 0.3 is 18.1 Å². The predicted octanol–water partition coefficient (Wildman–Crippen LogP) is 2.47. The molecule has 2 rings (SSSR count). The Morgan fingerprint density at radius 1 is 1.24 bits per heavy atom. The first-order chi connectivity index (χ1) is 9.80. The summed E-state index contributed by atoms with van der Waals surface area (Å²) in [5.74, 6) is -3.52. The summed E-state index contributed by atoms with van der Waals surface area (Å²) in [5, 5.41) is 12.0. The average molecular weight is 318 g/mol. The van der Waals surface area contributed by atoms with E-state index in [1.165, 1.54) is 6.07 Å². The van der Waals surface area contributed by atoms with Crippen LogP contribution in [0.25, 0.3) is 0 Å². The van der Waals surface area contributed by atoms with Crippen LogP contribution in [0.3, 0.4) is 0 Å². The zero-order valence-electron chi connectivity index (χ0n) is 9.92. The molecule has 21 heavy (non-hydrogen) atoms.